The summed E-state index contributed by atoms with van der Waals surface area (Å²) in [6, 6.07) is 12.3. The lowest BCUT2D eigenvalue weighted by Crippen LogP contribution is -2.43. The van der Waals surface area contributed by atoms with Crippen molar-refractivity contribution < 1.29 is 4.79 Å². The first-order valence-corrected chi connectivity index (χ1v) is 13.0. The second-order valence-electron chi connectivity index (χ2n) is 10.1. The molecular formula is C28H36N6O. The molecule has 0 spiro atoms. The van der Waals surface area contributed by atoms with Crippen LogP contribution in [0, 0.1) is 5.92 Å². The molecule has 2 aliphatic heterocycles. The number of carbonyl (C=O) groups excluding carboxylic acids is 1. The normalized spacial score (nSPS) is 19.5. The number of aromatic nitrogens is 4. The minimum absolute atomic E-state index is 0.0654. The first kappa shape index (κ1) is 23.7. The molecule has 0 bridgehead atoms. The Morgan fingerprint density at radius 1 is 1.00 bits per heavy atom. The molecule has 184 valence electrons. The second-order valence-corrected chi connectivity index (χ2v) is 10.1. The largest absolute Gasteiger partial charge is 0.334 e. The van der Waals surface area contributed by atoms with Gasteiger partial charge >= 0.3 is 0 Å². The summed E-state index contributed by atoms with van der Waals surface area (Å²) < 4.78 is 2.07. The molecule has 3 aromatic rings. The first-order chi connectivity index (χ1) is 17.1. The third-order valence-electron chi connectivity index (χ3n) is 7.41. The van der Waals surface area contributed by atoms with Gasteiger partial charge in [0.25, 0.3) is 0 Å². The van der Waals surface area contributed by atoms with Crippen molar-refractivity contribution in [2.24, 2.45) is 5.92 Å². The van der Waals surface area contributed by atoms with Crippen molar-refractivity contribution in [3.05, 3.63) is 72.2 Å². The molecule has 2 fully saturated rings. The van der Waals surface area contributed by atoms with Crippen LogP contribution in [0.5, 0.6) is 0 Å². The maximum Gasteiger partial charge on any atom is 0.226 e. The van der Waals surface area contributed by atoms with Crippen molar-refractivity contribution in [3.8, 4) is 5.82 Å². The zero-order valence-corrected chi connectivity index (χ0v) is 20.9. The number of rotatable bonds is 7. The van der Waals surface area contributed by atoms with Gasteiger partial charge in [-0.3, -0.25) is 14.3 Å². The van der Waals surface area contributed by atoms with Crippen molar-refractivity contribution >= 4 is 5.91 Å². The van der Waals surface area contributed by atoms with Gasteiger partial charge in [0.15, 0.2) is 0 Å². The minimum atomic E-state index is 0.0654. The SMILES string of the molecule is CC(C)c1nccn1-c1cccc([C@@H]2CCCN2C(=O)C2CCN(CCc3ccccn3)CC2)n1. The van der Waals surface area contributed by atoms with Crippen molar-refractivity contribution in [3.63, 3.8) is 0 Å². The molecule has 2 saturated heterocycles. The van der Waals surface area contributed by atoms with Crippen LogP contribution in [-0.2, 0) is 11.2 Å². The lowest BCUT2D eigenvalue weighted by Gasteiger charge is -2.34. The average molecular weight is 473 g/mol. The van der Waals surface area contributed by atoms with E-state index in [0.29, 0.717) is 11.8 Å². The second kappa shape index (κ2) is 10.7. The molecule has 1 amide bonds. The summed E-state index contributed by atoms with van der Waals surface area (Å²) in [5.74, 6) is 2.63. The number of piperidine rings is 1. The maximum atomic E-state index is 13.6. The predicted octanol–water partition coefficient (Wildman–Crippen LogP) is 4.40. The number of amides is 1. The van der Waals surface area contributed by atoms with Gasteiger partial charge in [-0.25, -0.2) is 9.97 Å². The number of likely N-dealkylation sites (tertiary alicyclic amines) is 2. The zero-order chi connectivity index (χ0) is 24.2. The van der Waals surface area contributed by atoms with Crippen molar-refractivity contribution in [2.45, 2.75) is 57.9 Å². The lowest BCUT2D eigenvalue weighted by atomic mass is 9.94. The molecule has 0 unspecified atom stereocenters. The third kappa shape index (κ3) is 5.30. The maximum absolute atomic E-state index is 13.6. The van der Waals surface area contributed by atoms with Crippen molar-refractivity contribution in [1.82, 2.24) is 29.3 Å². The van der Waals surface area contributed by atoms with Gasteiger partial charge in [0.2, 0.25) is 5.91 Å². The van der Waals surface area contributed by atoms with E-state index in [0.717, 1.165) is 81.3 Å². The molecule has 0 N–H and O–H groups in total. The van der Waals surface area contributed by atoms with E-state index in [4.69, 9.17) is 4.98 Å². The summed E-state index contributed by atoms with van der Waals surface area (Å²) in [4.78, 5) is 32.1. The van der Waals surface area contributed by atoms with Gasteiger partial charge in [-0.15, -0.1) is 0 Å². The van der Waals surface area contributed by atoms with Crippen LogP contribution >= 0.6 is 0 Å². The molecule has 0 aromatic carbocycles. The highest BCUT2D eigenvalue weighted by molar-refractivity contribution is 5.79. The Kier molecular flexibility index (Phi) is 7.23. The van der Waals surface area contributed by atoms with E-state index in [1.54, 1.807) is 0 Å². The van der Waals surface area contributed by atoms with E-state index in [9.17, 15) is 4.79 Å². The van der Waals surface area contributed by atoms with E-state index in [-0.39, 0.29) is 12.0 Å². The van der Waals surface area contributed by atoms with Gasteiger partial charge in [0.05, 0.1) is 11.7 Å². The summed E-state index contributed by atoms with van der Waals surface area (Å²) in [5.41, 5.74) is 2.13. The number of hydrogen-bond acceptors (Lipinski definition) is 5. The topological polar surface area (TPSA) is 67.2 Å². The van der Waals surface area contributed by atoms with Crippen molar-refractivity contribution in [2.75, 3.05) is 26.2 Å². The standard InChI is InChI=1S/C28H36N6O/c1-21(2)27-30-15-20-34(27)26-10-5-8-24(31-26)25-9-6-16-33(25)28(35)22-11-17-32(18-12-22)19-13-23-7-3-4-14-29-23/h3-5,7-8,10,14-15,20-22,25H,6,9,11-13,16-19H2,1-2H3/t25-/m0/s1. The minimum Gasteiger partial charge on any atom is -0.334 e. The summed E-state index contributed by atoms with van der Waals surface area (Å²) in [6.45, 7) is 8.08. The fourth-order valence-corrected chi connectivity index (χ4v) is 5.49. The number of pyridine rings is 2. The highest BCUT2D eigenvalue weighted by Gasteiger charge is 2.36. The van der Waals surface area contributed by atoms with Gasteiger partial charge in [0, 0.05) is 55.6 Å². The van der Waals surface area contributed by atoms with Gasteiger partial charge in [-0.2, -0.15) is 0 Å². The Balaban J connectivity index is 1.22. The van der Waals surface area contributed by atoms with E-state index < -0.39 is 0 Å². The molecule has 0 radical (unpaired) electrons. The molecule has 2 aliphatic rings. The predicted molar refractivity (Wildman–Crippen MR) is 136 cm³/mol. The third-order valence-corrected chi connectivity index (χ3v) is 7.41. The van der Waals surface area contributed by atoms with Crippen LogP contribution in [0.1, 0.15) is 68.7 Å². The van der Waals surface area contributed by atoms with Crippen LogP contribution in [0.4, 0.5) is 0 Å². The fraction of sp³-hybridized carbons (Fsp3) is 0.500. The lowest BCUT2D eigenvalue weighted by molar-refractivity contribution is -0.138. The van der Waals surface area contributed by atoms with Crippen LogP contribution < -0.4 is 0 Å². The molecule has 5 rings (SSSR count). The van der Waals surface area contributed by atoms with Crippen LogP contribution in [0.25, 0.3) is 5.82 Å². The molecular weight excluding hydrogens is 436 g/mol. The van der Waals surface area contributed by atoms with Gasteiger partial charge in [-0.05, 0) is 63.0 Å². The molecule has 3 aromatic heterocycles. The number of carbonyl (C=O) groups is 1. The van der Waals surface area contributed by atoms with E-state index in [1.807, 2.05) is 36.8 Å². The van der Waals surface area contributed by atoms with Crippen LogP contribution in [0.2, 0.25) is 0 Å². The number of imidazole rings is 1. The Hall–Kier alpha value is -3.06. The number of hydrogen-bond donors (Lipinski definition) is 0. The summed E-state index contributed by atoms with van der Waals surface area (Å²) in [7, 11) is 0. The quantitative estimate of drug-likeness (QED) is 0.510. The molecule has 7 heteroatoms. The van der Waals surface area contributed by atoms with Gasteiger partial charge in [-0.1, -0.05) is 26.0 Å². The van der Waals surface area contributed by atoms with E-state index in [1.165, 1.54) is 0 Å². The van der Waals surface area contributed by atoms with E-state index >= 15 is 0 Å². The molecule has 5 heterocycles. The molecule has 7 nitrogen and oxygen atoms in total. The Morgan fingerprint density at radius 2 is 1.86 bits per heavy atom. The smallest absolute Gasteiger partial charge is 0.226 e. The van der Waals surface area contributed by atoms with Crippen LogP contribution in [-0.4, -0.2) is 61.4 Å². The van der Waals surface area contributed by atoms with E-state index in [2.05, 4.69) is 56.4 Å². The van der Waals surface area contributed by atoms with Gasteiger partial charge < -0.3 is 9.80 Å². The zero-order valence-electron chi connectivity index (χ0n) is 20.9. The summed E-state index contributed by atoms with van der Waals surface area (Å²) in [6.07, 6.45) is 10.5. The Bertz CT molecular complexity index is 1120. The highest BCUT2D eigenvalue weighted by atomic mass is 16.2. The van der Waals surface area contributed by atoms with Crippen LogP contribution in [0.3, 0.4) is 0 Å². The average Bonchev–Trinajstić information content (AvgIpc) is 3.59. The number of nitrogens with zero attached hydrogens (tertiary/aromatic N) is 6. The fourth-order valence-electron chi connectivity index (χ4n) is 5.49. The highest BCUT2D eigenvalue weighted by Crippen LogP contribution is 2.34. The molecule has 0 saturated carbocycles. The monoisotopic (exact) mass is 472 g/mol. The Labute approximate surface area is 208 Å². The molecule has 1 atom stereocenters. The first-order valence-electron chi connectivity index (χ1n) is 13.0. The summed E-state index contributed by atoms with van der Waals surface area (Å²) in [5, 5.41) is 0. The Morgan fingerprint density at radius 3 is 2.63 bits per heavy atom. The molecule has 0 aliphatic carbocycles. The molecule has 35 heavy (non-hydrogen) atoms. The summed E-state index contributed by atoms with van der Waals surface area (Å²) >= 11 is 0. The van der Waals surface area contributed by atoms with Crippen LogP contribution in [0.15, 0.2) is 55.0 Å². The van der Waals surface area contributed by atoms with Crippen molar-refractivity contribution in [1.29, 1.82) is 0 Å². The van der Waals surface area contributed by atoms with Gasteiger partial charge in [0.1, 0.15) is 11.6 Å².